The fourth-order valence-electron chi connectivity index (χ4n) is 0.492. The topological polar surface area (TPSA) is 17.1 Å². The van der Waals surface area contributed by atoms with Crippen molar-refractivity contribution >= 4 is 29.3 Å². The Morgan fingerprint density at radius 1 is 1.33 bits per heavy atom. The summed E-state index contributed by atoms with van der Waals surface area (Å²) >= 11 is 0. The van der Waals surface area contributed by atoms with Gasteiger partial charge in [0.05, 0.1) is 0 Å². The van der Waals surface area contributed by atoms with Crippen LogP contribution >= 0.6 is 0 Å². The molecule has 0 aliphatic heterocycles. The molecular formula is C7H16MgO. The second kappa shape index (κ2) is 5.24. The number of aldehydes is 1. The summed E-state index contributed by atoms with van der Waals surface area (Å²) in [6.07, 6.45) is 2.67. The van der Waals surface area contributed by atoms with Crippen molar-refractivity contribution in [1.82, 2.24) is 0 Å². The minimum absolute atomic E-state index is 0. The minimum atomic E-state index is 0. The highest BCUT2D eigenvalue weighted by molar-refractivity contribution is 5.75. The zero-order valence-electron chi connectivity index (χ0n) is 5.90. The molecule has 0 radical (unpaired) electrons. The molecule has 0 saturated carbocycles. The molecule has 0 aromatic heterocycles. The maximum Gasteiger partial charge on any atom is 0.316 e. The van der Waals surface area contributed by atoms with Crippen molar-refractivity contribution in [3.05, 3.63) is 0 Å². The molecule has 0 aliphatic rings. The van der Waals surface area contributed by atoms with Crippen LogP contribution in [0.3, 0.4) is 0 Å². The van der Waals surface area contributed by atoms with Crippen molar-refractivity contribution in [3.8, 4) is 0 Å². The van der Waals surface area contributed by atoms with Crippen LogP contribution in [0.15, 0.2) is 0 Å². The fraction of sp³-hybridized carbons (Fsp3) is 0.857. The molecule has 0 saturated heterocycles. The van der Waals surface area contributed by atoms with Crippen LogP contribution in [0.1, 0.15) is 33.6 Å². The molecule has 0 aliphatic carbocycles. The van der Waals surface area contributed by atoms with Crippen molar-refractivity contribution in [2.75, 3.05) is 0 Å². The van der Waals surface area contributed by atoms with Gasteiger partial charge in [0.1, 0.15) is 6.29 Å². The lowest BCUT2D eigenvalue weighted by atomic mass is 9.91. The summed E-state index contributed by atoms with van der Waals surface area (Å²) in [5, 5.41) is 0. The van der Waals surface area contributed by atoms with E-state index in [1.54, 1.807) is 0 Å². The number of rotatable bonds is 2. The Kier molecular flexibility index (Phi) is 7.07. The van der Waals surface area contributed by atoms with Gasteiger partial charge in [-0.2, -0.15) is 0 Å². The van der Waals surface area contributed by atoms with Gasteiger partial charge in [0.15, 0.2) is 0 Å². The molecule has 0 unspecified atom stereocenters. The number of carbonyl (C=O) groups excluding carboxylic acids is 1. The standard InChI is InChI=1S/C7H14O.Mg.2H/c1-7(2,3)5-4-6-8;;;/h6H,4-5H2,1-3H3;;;. The Labute approximate surface area is 73.4 Å². The predicted octanol–water partition coefficient (Wildman–Crippen LogP) is 1.10. The Hall–Kier alpha value is 0.436. The van der Waals surface area contributed by atoms with E-state index in [-0.39, 0.29) is 23.1 Å². The third-order valence-corrected chi connectivity index (χ3v) is 1.01. The minimum Gasteiger partial charge on any atom is -0.303 e. The molecule has 0 rings (SSSR count). The molecule has 0 fully saturated rings. The molecule has 0 bridgehead atoms. The molecule has 0 amide bonds. The molecule has 0 heterocycles. The summed E-state index contributed by atoms with van der Waals surface area (Å²) in [6.45, 7) is 6.41. The van der Waals surface area contributed by atoms with Crippen LogP contribution in [-0.4, -0.2) is 29.3 Å². The quantitative estimate of drug-likeness (QED) is 0.415. The van der Waals surface area contributed by atoms with Crippen molar-refractivity contribution in [2.24, 2.45) is 5.41 Å². The molecule has 0 spiro atoms. The van der Waals surface area contributed by atoms with Crippen LogP contribution < -0.4 is 0 Å². The zero-order valence-corrected chi connectivity index (χ0v) is 5.90. The summed E-state index contributed by atoms with van der Waals surface area (Å²) < 4.78 is 0. The molecule has 1 nitrogen and oxygen atoms in total. The Bertz CT molecular complexity index is 73.5. The Morgan fingerprint density at radius 2 is 1.78 bits per heavy atom. The van der Waals surface area contributed by atoms with Gasteiger partial charge in [-0.15, -0.1) is 0 Å². The average molecular weight is 141 g/mol. The first-order valence-electron chi connectivity index (χ1n) is 3.00. The van der Waals surface area contributed by atoms with Crippen LogP contribution in [0.25, 0.3) is 0 Å². The summed E-state index contributed by atoms with van der Waals surface area (Å²) in [7, 11) is 0. The van der Waals surface area contributed by atoms with E-state index in [1.807, 2.05) is 0 Å². The summed E-state index contributed by atoms with van der Waals surface area (Å²) in [4.78, 5) is 9.85. The molecule has 0 atom stereocenters. The van der Waals surface area contributed by atoms with Gasteiger partial charge in [0.2, 0.25) is 0 Å². The first-order valence-corrected chi connectivity index (χ1v) is 3.00. The second-order valence-electron chi connectivity index (χ2n) is 3.27. The predicted molar refractivity (Wildman–Crippen MR) is 43.3 cm³/mol. The molecule has 9 heavy (non-hydrogen) atoms. The van der Waals surface area contributed by atoms with E-state index in [0.717, 1.165) is 12.7 Å². The van der Waals surface area contributed by atoms with Gasteiger partial charge in [0.25, 0.3) is 0 Å². The smallest absolute Gasteiger partial charge is 0.303 e. The van der Waals surface area contributed by atoms with E-state index in [4.69, 9.17) is 0 Å². The lowest BCUT2D eigenvalue weighted by Crippen LogP contribution is -2.03. The third-order valence-electron chi connectivity index (χ3n) is 1.01. The third kappa shape index (κ3) is 11.8. The van der Waals surface area contributed by atoms with Crippen molar-refractivity contribution in [3.63, 3.8) is 0 Å². The van der Waals surface area contributed by atoms with Crippen LogP contribution in [-0.2, 0) is 4.79 Å². The van der Waals surface area contributed by atoms with E-state index < -0.39 is 0 Å². The Morgan fingerprint density at radius 3 is 1.89 bits per heavy atom. The highest BCUT2D eigenvalue weighted by atomic mass is 24.3. The van der Waals surface area contributed by atoms with Gasteiger partial charge in [-0.1, -0.05) is 20.8 Å². The van der Waals surface area contributed by atoms with E-state index in [0.29, 0.717) is 11.8 Å². The molecule has 0 aromatic rings. The first-order chi connectivity index (χ1) is 3.56. The van der Waals surface area contributed by atoms with Crippen molar-refractivity contribution in [2.45, 2.75) is 33.6 Å². The van der Waals surface area contributed by atoms with E-state index in [2.05, 4.69) is 20.8 Å². The van der Waals surface area contributed by atoms with Crippen molar-refractivity contribution < 1.29 is 4.79 Å². The Balaban J connectivity index is 0. The highest BCUT2D eigenvalue weighted by Crippen LogP contribution is 2.18. The van der Waals surface area contributed by atoms with E-state index >= 15 is 0 Å². The molecular weight excluding hydrogens is 124 g/mol. The monoisotopic (exact) mass is 140 g/mol. The van der Waals surface area contributed by atoms with Gasteiger partial charge < -0.3 is 4.79 Å². The van der Waals surface area contributed by atoms with E-state index in [1.165, 1.54) is 0 Å². The summed E-state index contributed by atoms with van der Waals surface area (Å²) in [5.41, 5.74) is 0.320. The number of carbonyl (C=O) groups is 1. The van der Waals surface area contributed by atoms with Gasteiger partial charge in [0, 0.05) is 6.42 Å². The lowest BCUT2D eigenvalue weighted by molar-refractivity contribution is -0.108. The van der Waals surface area contributed by atoms with Crippen LogP contribution in [0, 0.1) is 5.41 Å². The largest absolute Gasteiger partial charge is 0.316 e. The van der Waals surface area contributed by atoms with Gasteiger partial charge >= 0.3 is 23.1 Å². The maximum absolute atomic E-state index is 9.85. The lowest BCUT2D eigenvalue weighted by Gasteiger charge is -2.14. The molecule has 2 heteroatoms. The first kappa shape index (κ1) is 12.1. The van der Waals surface area contributed by atoms with Crippen LogP contribution in [0.2, 0.25) is 0 Å². The maximum atomic E-state index is 9.85. The van der Waals surface area contributed by atoms with E-state index in [9.17, 15) is 4.79 Å². The van der Waals surface area contributed by atoms with Crippen LogP contribution in [0.4, 0.5) is 0 Å². The average Bonchev–Trinajstić information content (AvgIpc) is 1.59. The van der Waals surface area contributed by atoms with Gasteiger partial charge in [-0.05, 0) is 11.8 Å². The van der Waals surface area contributed by atoms with Crippen molar-refractivity contribution in [1.29, 1.82) is 0 Å². The molecule has 52 valence electrons. The SMILES string of the molecule is CC(C)(C)CCC=O.[MgH2]. The van der Waals surface area contributed by atoms with Crippen LogP contribution in [0.5, 0.6) is 0 Å². The van der Waals surface area contributed by atoms with Gasteiger partial charge in [-0.25, -0.2) is 0 Å². The number of hydrogen-bond acceptors (Lipinski definition) is 1. The summed E-state index contributed by atoms with van der Waals surface area (Å²) in [6, 6.07) is 0. The second-order valence-corrected chi connectivity index (χ2v) is 3.27. The van der Waals surface area contributed by atoms with Gasteiger partial charge in [-0.3, -0.25) is 0 Å². The number of hydrogen-bond donors (Lipinski definition) is 0. The summed E-state index contributed by atoms with van der Waals surface area (Å²) in [5.74, 6) is 0. The molecule has 0 aromatic carbocycles. The fourth-order valence-corrected chi connectivity index (χ4v) is 0.492. The highest BCUT2D eigenvalue weighted by Gasteiger charge is 2.07. The molecule has 0 N–H and O–H groups in total. The zero-order chi connectivity index (χ0) is 6.62. The normalized spacial score (nSPS) is 10.1.